The van der Waals surface area contributed by atoms with Gasteiger partial charge in [0, 0.05) is 96.9 Å². The summed E-state index contributed by atoms with van der Waals surface area (Å²) >= 11 is 11.5. The molecule has 1 radical (unpaired) electrons. The van der Waals surface area contributed by atoms with Crippen LogP contribution in [0.4, 0.5) is 69.3 Å². The molecule has 0 amide bonds. The number of hydrogen-bond acceptors (Lipinski definition) is 34. The third kappa shape index (κ3) is 18.8. The fourth-order valence-electron chi connectivity index (χ4n) is 8.29. The van der Waals surface area contributed by atoms with Crippen molar-refractivity contribution in [2.75, 3.05) is 22.1 Å². The molecule has 461 valence electrons. The van der Waals surface area contributed by atoms with Crippen molar-refractivity contribution in [3.05, 3.63) is 128 Å². The number of nitrogen functional groups attached to an aromatic ring is 2. The predicted molar refractivity (Wildman–Crippen MR) is 301 cm³/mol. The molecule has 2 aromatic heterocycles. The first kappa shape index (κ1) is 83.2. The van der Waals surface area contributed by atoms with Crippen molar-refractivity contribution in [3.8, 4) is 23.0 Å². The molecular formula is C46H26Cl2CoN16Na5O20S4+. The first-order valence-electron chi connectivity index (χ1n) is 23.1. The second-order valence-corrected chi connectivity index (χ2v) is 23.6. The molecule has 0 bridgehead atoms. The summed E-state index contributed by atoms with van der Waals surface area (Å²) in [6.45, 7) is 0. The zero-order valence-corrected chi connectivity index (χ0v) is 63.6. The summed E-state index contributed by atoms with van der Waals surface area (Å²) < 4.78 is 144. The summed E-state index contributed by atoms with van der Waals surface area (Å²) in [5.41, 5.74) is 7.56. The van der Waals surface area contributed by atoms with Crippen LogP contribution < -0.4 is 170 Å². The van der Waals surface area contributed by atoms with Gasteiger partial charge in [0.1, 0.15) is 74.7 Å². The molecule has 0 aliphatic heterocycles. The molecule has 10 N–H and O–H groups in total. The van der Waals surface area contributed by atoms with E-state index in [9.17, 15) is 92.5 Å². The van der Waals surface area contributed by atoms with E-state index in [1.165, 1.54) is 36.4 Å². The largest absolute Gasteiger partial charge is 1.00 e. The number of nitrogens with one attached hydrogen (secondary N) is 2. The molecule has 2 heterocycles. The zero-order chi connectivity index (χ0) is 64.3. The van der Waals surface area contributed by atoms with Crippen LogP contribution in [0, 0.1) is 20.2 Å². The molecule has 0 saturated carbocycles. The van der Waals surface area contributed by atoms with Crippen LogP contribution in [0.25, 0.3) is 43.1 Å². The number of phenols is 4. The Morgan fingerprint density at radius 1 is 0.415 bits per heavy atom. The van der Waals surface area contributed by atoms with Gasteiger partial charge in [-0.05, 0) is 94.6 Å². The number of halogens is 2. The summed E-state index contributed by atoms with van der Waals surface area (Å²) in [4.78, 5) is 39.3. The van der Waals surface area contributed by atoms with Crippen LogP contribution in [0.2, 0.25) is 10.6 Å². The second-order valence-electron chi connectivity index (χ2n) is 17.5. The third-order valence-corrected chi connectivity index (χ3v) is 15.7. The van der Waals surface area contributed by atoms with Gasteiger partial charge in [-0.2, -0.15) is 29.9 Å². The van der Waals surface area contributed by atoms with Crippen molar-refractivity contribution in [2.45, 2.75) is 19.6 Å². The second kappa shape index (κ2) is 32.5. The zero-order valence-electron chi connectivity index (χ0n) is 47.8. The molecular weight excluding hydrogens is 1470 g/mol. The number of aromatic nitrogens is 6. The topological polar surface area (TPSA) is 599 Å². The average molecular weight is 1500 g/mol. The van der Waals surface area contributed by atoms with Crippen LogP contribution in [0.15, 0.2) is 137 Å². The Labute approximate surface area is 656 Å². The number of rotatable bonds is 14. The monoisotopic (exact) mass is 1490 g/mol. The molecule has 8 aromatic carbocycles. The summed E-state index contributed by atoms with van der Waals surface area (Å²) in [6, 6.07) is 16.2. The van der Waals surface area contributed by atoms with Crippen molar-refractivity contribution in [2.24, 2.45) is 20.5 Å². The molecule has 36 nitrogen and oxygen atoms in total. The van der Waals surface area contributed by atoms with Crippen LogP contribution in [0.3, 0.4) is 0 Å². The number of aromatic hydroxyl groups is 4. The molecule has 94 heavy (non-hydrogen) atoms. The minimum atomic E-state index is -5.34. The molecule has 0 spiro atoms. The Morgan fingerprint density at radius 3 is 1.02 bits per heavy atom. The minimum absolute atomic E-state index is 0. The van der Waals surface area contributed by atoms with Gasteiger partial charge in [-0.15, -0.1) is 20.5 Å². The number of non-ortho nitro benzene ring substituents is 2. The van der Waals surface area contributed by atoms with Crippen LogP contribution in [-0.4, -0.2) is 112 Å². The quantitative estimate of drug-likeness (QED) is 0.0165. The number of nitro groups is 2. The number of benzene rings is 8. The van der Waals surface area contributed by atoms with E-state index in [0.717, 1.165) is 48.5 Å². The molecule has 10 rings (SSSR count). The number of nitro benzene ring substituents is 2. The Hall–Kier alpha value is -5.05. The van der Waals surface area contributed by atoms with Crippen LogP contribution in [-0.2, 0) is 57.3 Å². The maximum Gasteiger partial charge on any atom is 1.00 e. The maximum absolute atomic E-state index is 12.2. The minimum Gasteiger partial charge on any atom is -0.744 e. The van der Waals surface area contributed by atoms with Gasteiger partial charge >= 0.3 is 148 Å². The fourth-order valence-corrected chi connectivity index (χ4v) is 11.3. The van der Waals surface area contributed by atoms with Gasteiger partial charge in [0.05, 0.1) is 29.4 Å². The summed E-state index contributed by atoms with van der Waals surface area (Å²) in [6.07, 6.45) is 0. The standard InChI is InChI=1S/2C23H15ClN8O10S2.Co.5Na/c2*24-21-27-22(25)29-23(28-21)26-10-1-3-12-9(5-10)6-17(44(40,41)42)19(20(12)34)31-30-18-13-4-2-11(32(35)36)7-14(13)16(8-15(18)33)43(37,38)39;;;;;;/h2*1-8,33-34H,(H,37,38,39)(H,40,41,42)(H3,25,26,27,28,29);;;;;;/q;;;5*+1/p-4. The Balaban J connectivity index is 0.000000461. The molecule has 0 aliphatic rings. The van der Waals surface area contributed by atoms with Crippen molar-refractivity contribution in [1.29, 1.82) is 0 Å². The van der Waals surface area contributed by atoms with Gasteiger partial charge in [0.25, 0.3) is 11.4 Å². The molecule has 0 aliphatic carbocycles. The molecule has 0 saturated heterocycles. The van der Waals surface area contributed by atoms with Gasteiger partial charge in [0.2, 0.25) is 34.4 Å². The first-order valence-corrected chi connectivity index (χ1v) is 29.5. The molecule has 0 atom stereocenters. The number of fused-ring (bicyclic) bond motifs is 4. The number of azo groups is 2. The van der Waals surface area contributed by atoms with Gasteiger partial charge in [0.15, 0.2) is 11.5 Å². The Bertz CT molecular complexity index is 4920. The van der Waals surface area contributed by atoms with Crippen LogP contribution in [0.1, 0.15) is 0 Å². The summed E-state index contributed by atoms with van der Waals surface area (Å²) in [7, 11) is -21.2. The van der Waals surface area contributed by atoms with E-state index in [4.69, 9.17) is 34.7 Å². The van der Waals surface area contributed by atoms with Crippen molar-refractivity contribution < 1.29 is 247 Å². The third-order valence-electron chi connectivity index (χ3n) is 11.9. The fraction of sp³-hybridized carbons (Fsp3) is 0. The van der Waals surface area contributed by atoms with Crippen molar-refractivity contribution in [3.63, 3.8) is 0 Å². The van der Waals surface area contributed by atoms with E-state index in [0.29, 0.717) is 12.1 Å². The first-order chi connectivity index (χ1) is 41.0. The van der Waals surface area contributed by atoms with Crippen LogP contribution in [0.5, 0.6) is 23.0 Å². The van der Waals surface area contributed by atoms with Gasteiger partial charge in [-0.25, -0.2) is 33.7 Å². The maximum atomic E-state index is 12.2. The van der Waals surface area contributed by atoms with Crippen molar-refractivity contribution in [1.82, 2.24) is 29.9 Å². The SMILES string of the molecule is Nc1nc(Cl)nc(Nc2ccc3c(O)c(N=Nc4c(O)cc(S(=O)(=O)[O-])c5cc([N+](=O)[O-])ccc45)c(S(=O)(=O)[O-])cc3c2)n1.Nc1nc(Cl)nc(Nc2ccc3c(O)c(N=Nc4c(O)cc(S(=O)(=O)[O-])c5cc([N+](=O)[O-])ccc45)c(S(=O)(=O)[O-])cc3c2)n1.[Co].[Na+].[Na+].[Na+].[Na+].[Na+]. The van der Waals surface area contributed by atoms with E-state index in [2.05, 4.69) is 61.0 Å². The Kier molecular flexibility index (Phi) is 28.8. The van der Waals surface area contributed by atoms with E-state index in [-0.39, 0.29) is 243 Å². The molecule has 48 heteroatoms. The smallest absolute Gasteiger partial charge is 0.744 e. The number of hydrogen-bond donors (Lipinski definition) is 8. The molecule has 10 aromatic rings. The van der Waals surface area contributed by atoms with Gasteiger partial charge < -0.3 is 60.7 Å². The average Bonchev–Trinajstić information content (AvgIpc) is 0.778. The summed E-state index contributed by atoms with van der Waals surface area (Å²) in [5, 5.41) is 83.6. The molecule has 0 fully saturated rings. The van der Waals surface area contributed by atoms with E-state index >= 15 is 0 Å². The number of nitrogens with zero attached hydrogens (tertiary/aromatic N) is 12. The normalized spacial score (nSPS) is 11.5. The van der Waals surface area contributed by atoms with Gasteiger partial charge in [-0.3, -0.25) is 20.2 Å². The number of phenolic OH excluding ortho intramolecular Hbond substituents is 4. The van der Waals surface area contributed by atoms with E-state index in [1.54, 1.807) is 0 Å². The van der Waals surface area contributed by atoms with Gasteiger partial charge in [-0.1, -0.05) is 0 Å². The van der Waals surface area contributed by atoms with E-state index < -0.39 is 138 Å². The Morgan fingerprint density at radius 2 is 0.723 bits per heavy atom. The van der Waals surface area contributed by atoms with E-state index in [1.807, 2.05) is 0 Å². The van der Waals surface area contributed by atoms with Crippen LogP contribution >= 0.6 is 23.2 Å². The predicted octanol–water partition coefficient (Wildman–Crippen LogP) is -7.58. The number of anilines is 6. The summed E-state index contributed by atoms with van der Waals surface area (Å²) in [5.74, 6) is -4.04. The van der Waals surface area contributed by atoms with Crippen molar-refractivity contribution >= 4 is 176 Å². The number of nitrogens with two attached hydrogens (primary N) is 2. The molecule has 0 unspecified atom stereocenters.